The number of ether oxygens (including phenoxy) is 2. The van der Waals surface area contributed by atoms with Crippen molar-refractivity contribution in [1.82, 2.24) is 5.32 Å². The average molecular weight is 295 g/mol. The largest absolute Gasteiger partial charge is 0.378 e. The monoisotopic (exact) mass is 295 g/mol. The lowest BCUT2D eigenvalue weighted by molar-refractivity contribution is -0.172. The molecule has 3 aliphatic carbocycles. The molecule has 0 aromatic heterocycles. The molecule has 3 fully saturated rings. The van der Waals surface area contributed by atoms with E-state index in [0.717, 1.165) is 26.2 Å². The minimum Gasteiger partial charge on any atom is -0.378 e. The zero-order valence-electron chi connectivity index (χ0n) is 13.7. The fourth-order valence-electron chi connectivity index (χ4n) is 4.55. The summed E-state index contributed by atoms with van der Waals surface area (Å²) in [4.78, 5) is 0. The van der Waals surface area contributed by atoms with Crippen LogP contribution in [-0.4, -0.2) is 38.0 Å². The topological polar surface area (TPSA) is 30.5 Å². The van der Waals surface area contributed by atoms with E-state index in [1.165, 1.54) is 57.8 Å². The summed E-state index contributed by atoms with van der Waals surface area (Å²) in [5.74, 6) is 0. The zero-order chi connectivity index (χ0) is 14.5. The molecule has 3 heteroatoms. The highest BCUT2D eigenvalue weighted by atomic mass is 16.5. The van der Waals surface area contributed by atoms with Crippen molar-refractivity contribution >= 4 is 0 Å². The molecular formula is C18H33NO2. The van der Waals surface area contributed by atoms with Gasteiger partial charge in [0, 0.05) is 24.7 Å². The summed E-state index contributed by atoms with van der Waals surface area (Å²) in [7, 11) is 0. The lowest BCUT2D eigenvalue weighted by atomic mass is 9.51. The first kappa shape index (κ1) is 15.8. The molecule has 3 aliphatic rings. The van der Waals surface area contributed by atoms with Crippen molar-refractivity contribution in [3.8, 4) is 0 Å². The van der Waals surface area contributed by atoms with E-state index in [4.69, 9.17) is 9.47 Å². The van der Waals surface area contributed by atoms with Crippen molar-refractivity contribution in [2.75, 3.05) is 19.8 Å². The fraction of sp³-hybridized carbons (Fsp3) is 1.00. The Morgan fingerprint density at radius 1 is 1.05 bits per heavy atom. The molecule has 0 amide bonds. The van der Waals surface area contributed by atoms with Gasteiger partial charge < -0.3 is 14.8 Å². The van der Waals surface area contributed by atoms with Gasteiger partial charge in [0.1, 0.15) is 0 Å². The van der Waals surface area contributed by atoms with Crippen LogP contribution in [0.25, 0.3) is 0 Å². The number of rotatable bonds is 8. The van der Waals surface area contributed by atoms with E-state index in [0.29, 0.717) is 23.7 Å². The van der Waals surface area contributed by atoms with E-state index in [1.54, 1.807) is 0 Å². The maximum absolute atomic E-state index is 6.00. The van der Waals surface area contributed by atoms with Crippen LogP contribution in [0.3, 0.4) is 0 Å². The highest BCUT2D eigenvalue weighted by Gasteiger charge is 2.58. The summed E-state index contributed by atoms with van der Waals surface area (Å²) in [6.45, 7) is 5.04. The normalized spacial score (nSPS) is 31.9. The van der Waals surface area contributed by atoms with Crippen LogP contribution in [0.15, 0.2) is 0 Å². The van der Waals surface area contributed by atoms with Gasteiger partial charge in [-0.25, -0.2) is 0 Å². The third-order valence-corrected chi connectivity index (χ3v) is 6.05. The molecule has 1 N–H and O–H groups in total. The molecule has 0 saturated heterocycles. The van der Waals surface area contributed by atoms with E-state index in [2.05, 4.69) is 12.2 Å². The summed E-state index contributed by atoms with van der Waals surface area (Å²) < 4.78 is 11.9. The van der Waals surface area contributed by atoms with Crippen LogP contribution >= 0.6 is 0 Å². The van der Waals surface area contributed by atoms with Gasteiger partial charge in [0.25, 0.3) is 0 Å². The molecule has 3 saturated carbocycles. The van der Waals surface area contributed by atoms with Gasteiger partial charge in [-0.2, -0.15) is 0 Å². The van der Waals surface area contributed by atoms with Gasteiger partial charge >= 0.3 is 0 Å². The smallest absolute Gasteiger partial charge is 0.0661 e. The zero-order valence-corrected chi connectivity index (χ0v) is 13.7. The van der Waals surface area contributed by atoms with Crippen molar-refractivity contribution in [2.24, 2.45) is 5.41 Å². The van der Waals surface area contributed by atoms with Crippen LogP contribution < -0.4 is 5.32 Å². The summed E-state index contributed by atoms with van der Waals surface area (Å²) in [6.07, 6.45) is 14.3. The molecule has 1 spiro atoms. The molecule has 0 aliphatic heterocycles. The summed E-state index contributed by atoms with van der Waals surface area (Å²) in [5, 5.41) is 3.78. The van der Waals surface area contributed by atoms with Crippen molar-refractivity contribution in [3.05, 3.63) is 0 Å². The molecule has 0 heterocycles. The second kappa shape index (κ2) is 7.43. The fourth-order valence-corrected chi connectivity index (χ4v) is 4.55. The van der Waals surface area contributed by atoms with Gasteiger partial charge in [-0.15, -0.1) is 0 Å². The highest BCUT2D eigenvalue weighted by Crippen LogP contribution is 2.57. The summed E-state index contributed by atoms with van der Waals surface area (Å²) in [6, 6.07) is 0.706. The molecule has 3 nitrogen and oxygen atoms in total. The molecular weight excluding hydrogens is 262 g/mol. The lowest BCUT2D eigenvalue weighted by Gasteiger charge is -2.61. The first-order valence-corrected chi connectivity index (χ1v) is 9.32. The molecule has 3 rings (SSSR count). The molecule has 0 bridgehead atoms. The van der Waals surface area contributed by atoms with Crippen molar-refractivity contribution in [1.29, 1.82) is 0 Å². The maximum atomic E-state index is 6.00. The Hall–Kier alpha value is -0.120. The first-order chi connectivity index (χ1) is 10.3. The minimum absolute atomic E-state index is 0.500. The third-order valence-electron chi connectivity index (χ3n) is 6.05. The van der Waals surface area contributed by atoms with Gasteiger partial charge in [-0.05, 0) is 52.0 Å². The van der Waals surface area contributed by atoms with E-state index >= 15 is 0 Å². The first-order valence-electron chi connectivity index (χ1n) is 9.32. The SMILES string of the molecule is CCOC1CC(NCCCOC2CCCCC2)C12CCC2. The van der Waals surface area contributed by atoms with Gasteiger partial charge in [0.15, 0.2) is 0 Å². The predicted octanol–water partition coefficient (Wildman–Crippen LogP) is 3.66. The van der Waals surface area contributed by atoms with Crippen LogP contribution in [0, 0.1) is 5.41 Å². The van der Waals surface area contributed by atoms with E-state index in [1.807, 2.05) is 0 Å². The molecule has 122 valence electrons. The standard InChI is InChI=1S/C18H33NO2/c1-2-20-17-14-16(18(17)10-6-11-18)19-12-7-13-21-15-8-4-3-5-9-15/h15-17,19H,2-14H2,1H3. The van der Waals surface area contributed by atoms with Crippen molar-refractivity contribution < 1.29 is 9.47 Å². The third kappa shape index (κ3) is 3.46. The molecule has 0 radical (unpaired) electrons. The van der Waals surface area contributed by atoms with Gasteiger partial charge in [-0.1, -0.05) is 25.7 Å². The molecule has 21 heavy (non-hydrogen) atoms. The van der Waals surface area contributed by atoms with Crippen LogP contribution in [0.2, 0.25) is 0 Å². The second-order valence-corrected chi connectivity index (χ2v) is 7.26. The van der Waals surface area contributed by atoms with Gasteiger partial charge in [0.05, 0.1) is 12.2 Å². The molecule has 0 aromatic carbocycles. The maximum Gasteiger partial charge on any atom is 0.0661 e. The Morgan fingerprint density at radius 3 is 2.52 bits per heavy atom. The van der Waals surface area contributed by atoms with Crippen LogP contribution in [0.5, 0.6) is 0 Å². The van der Waals surface area contributed by atoms with Crippen molar-refractivity contribution in [2.45, 2.75) is 89.4 Å². The van der Waals surface area contributed by atoms with E-state index in [9.17, 15) is 0 Å². The number of hydrogen-bond acceptors (Lipinski definition) is 3. The molecule has 2 atom stereocenters. The summed E-state index contributed by atoms with van der Waals surface area (Å²) in [5.41, 5.74) is 0.500. The Kier molecular flexibility index (Phi) is 5.58. The van der Waals surface area contributed by atoms with E-state index < -0.39 is 0 Å². The number of nitrogens with one attached hydrogen (secondary N) is 1. The van der Waals surface area contributed by atoms with Crippen LogP contribution in [-0.2, 0) is 9.47 Å². The minimum atomic E-state index is 0.500. The Balaban J connectivity index is 1.28. The second-order valence-electron chi connectivity index (χ2n) is 7.26. The molecule has 2 unspecified atom stereocenters. The van der Waals surface area contributed by atoms with Gasteiger partial charge in [-0.3, -0.25) is 0 Å². The molecule has 0 aromatic rings. The van der Waals surface area contributed by atoms with Crippen LogP contribution in [0.4, 0.5) is 0 Å². The summed E-state index contributed by atoms with van der Waals surface area (Å²) >= 11 is 0. The Morgan fingerprint density at radius 2 is 1.86 bits per heavy atom. The Bertz CT molecular complexity index is 310. The predicted molar refractivity (Wildman–Crippen MR) is 85.5 cm³/mol. The van der Waals surface area contributed by atoms with Crippen LogP contribution in [0.1, 0.15) is 71.1 Å². The van der Waals surface area contributed by atoms with Crippen molar-refractivity contribution in [3.63, 3.8) is 0 Å². The Labute approximate surface area is 130 Å². The number of hydrogen-bond donors (Lipinski definition) is 1. The lowest BCUT2D eigenvalue weighted by Crippen LogP contribution is -2.67. The average Bonchev–Trinajstić information content (AvgIpc) is 2.44. The quantitative estimate of drug-likeness (QED) is 0.693. The highest BCUT2D eigenvalue weighted by molar-refractivity contribution is 5.12. The van der Waals surface area contributed by atoms with Gasteiger partial charge in [0.2, 0.25) is 0 Å². The van der Waals surface area contributed by atoms with E-state index in [-0.39, 0.29) is 0 Å².